The largest absolute Gasteiger partial charge is 0.338 e. The number of aromatic nitrogens is 3. The van der Waals surface area contributed by atoms with E-state index in [0.717, 1.165) is 28.1 Å². The Morgan fingerprint density at radius 1 is 1.14 bits per heavy atom. The fourth-order valence-electron chi connectivity index (χ4n) is 2.05. The number of carbonyl (C=O) groups excluding carboxylic acids is 1. The summed E-state index contributed by atoms with van der Waals surface area (Å²) in [5, 5.41) is 2.93. The molecular formula is C17H18N4O. The molecule has 0 fully saturated rings. The van der Waals surface area contributed by atoms with Gasteiger partial charge in [0.2, 0.25) is 5.91 Å². The Balaban J connectivity index is 1.92. The first-order chi connectivity index (χ1) is 10.4. The van der Waals surface area contributed by atoms with Gasteiger partial charge in [0.15, 0.2) is 0 Å². The van der Waals surface area contributed by atoms with Crippen LogP contribution in [0.3, 0.4) is 0 Å². The lowest BCUT2D eigenvalue weighted by molar-refractivity contribution is -0.123. The maximum absolute atomic E-state index is 12.1. The number of carbonyl (C=O) groups is 1. The first-order valence-corrected chi connectivity index (χ1v) is 7.15. The Labute approximate surface area is 128 Å². The fourth-order valence-corrected chi connectivity index (χ4v) is 2.05. The molecule has 3 aromatic rings. The van der Waals surface area contributed by atoms with Crippen molar-refractivity contribution in [2.45, 2.75) is 20.8 Å². The van der Waals surface area contributed by atoms with E-state index >= 15 is 0 Å². The fraction of sp³-hybridized carbons (Fsp3) is 0.235. The number of nitrogens with one attached hydrogen (secondary N) is 2. The Kier molecular flexibility index (Phi) is 3.41. The Morgan fingerprint density at radius 3 is 2.55 bits per heavy atom. The van der Waals surface area contributed by atoms with Crippen LogP contribution in [0.5, 0.6) is 0 Å². The lowest BCUT2D eigenvalue weighted by atomic mass is 9.95. The van der Waals surface area contributed by atoms with Crippen LogP contribution in [0.1, 0.15) is 20.8 Å². The zero-order chi connectivity index (χ0) is 15.7. The lowest BCUT2D eigenvalue weighted by Gasteiger charge is -2.17. The van der Waals surface area contributed by atoms with E-state index in [4.69, 9.17) is 0 Å². The summed E-state index contributed by atoms with van der Waals surface area (Å²) >= 11 is 0. The molecule has 5 heteroatoms. The molecule has 0 aliphatic carbocycles. The zero-order valence-corrected chi connectivity index (χ0v) is 12.8. The van der Waals surface area contributed by atoms with Gasteiger partial charge in [0.05, 0.1) is 11.0 Å². The van der Waals surface area contributed by atoms with E-state index in [2.05, 4.69) is 20.3 Å². The normalized spacial score (nSPS) is 11.6. The summed E-state index contributed by atoms with van der Waals surface area (Å²) in [5.41, 5.74) is 3.06. The number of hydrogen-bond acceptors (Lipinski definition) is 3. The van der Waals surface area contributed by atoms with Gasteiger partial charge in [0.1, 0.15) is 5.82 Å². The quantitative estimate of drug-likeness (QED) is 0.758. The van der Waals surface area contributed by atoms with Crippen LogP contribution in [-0.2, 0) is 4.79 Å². The molecule has 2 aromatic heterocycles. The predicted molar refractivity (Wildman–Crippen MR) is 87.4 cm³/mol. The van der Waals surface area contributed by atoms with Crippen LogP contribution in [0.2, 0.25) is 0 Å². The van der Waals surface area contributed by atoms with Crippen molar-refractivity contribution in [1.82, 2.24) is 15.0 Å². The van der Waals surface area contributed by atoms with Gasteiger partial charge in [-0.1, -0.05) is 20.8 Å². The molecule has 1 amide bonds. The second kappa shape index (κ2) is 5.26. The lowest BCUT2D eigenvalue weighted by Crippen LogP contribution is -2.27. The third-order valence-electron chi connectivity index (χ3n) is 3.37. The average molecular weight is 294 g/mol. The molecule has 3 rings (SSSR count). The number of nitrogens with zero attached hydrogens (tertiary/aromatic N) is 2. The molecule has 0 unspecified atom stereocenters. The molecule has 1 aromatic carbocycles. The Hall–Kier alpha value is -2.69. The first kappa shape index (κ1) is 14.3. The summed E-state index contributed by atoms with van der Waals surface area (Å²) in [7, 11) is 0. The van der Waals surface area contributed by atoms with Crippen LogP contribution >= 0.6 is 0 Å². The Morgan fingerprint density at radius 2 is 1.86 bits per heavy atom. The van der Waals surface area contributed by atoms with Crippen LogP contribution in [0.15, 0.2) is 42.7 Å². The van der Waals surface area contributed by atoms with Crippen molar-refractivity contribution in [2.75, 3.05) is 5.32 Å². The molecule has 5 nitrogen and oxygen atoms in total. The maximum Gasteiger partial charge on any atom is 0.229 e. The number of hydrogen-bond donors (Lipinski definition) is 2. The summed E-state index contributed by atoms with van der Waals surface area (Å²) in [4.78, 5) is 23.9. The van der Waals surface area contributed by atoms with Crippen molar-refractivity contribution in [3.63, 3.8) is 0 Å². The van der Waals surface area contributed by atoms with Gasteiger partial charge in [-0.25, -0.2) is 4.98 Å². The van der Waals surface area contributed by atoms with Crippen molar-refractivity contribution in [2.24, 2.45) is 5.41 Å². The van der Waals surface area contributed by atoms with Gasteiger partial charge in [-0.3, -0.25) is 9.78 Å². The monoisotopic (exact) mass is 294 g/mol. The van der Waals surface area contributed by atoms with Gasteiger partial charge in [-0.2, -0.15) is 0 Å². The standard InChI is InChI=1S/C17H18N4O/c1-17(2,3)16(22)19-12-4-5-13-14(10-12)21-15(20-13)11-6-8-18-9-7-11/h4-10H,1-3H3,(H,19,22)(H,20,21). The van der Waals surface area contributed by atoms with E-state index in [1.54, 1.807) is 12.4 Å². The highest BCUT2D eigenvalue weighted by atomic mass is 16.2. The smallest absolute Gasteiger partial charge is 0.229 e. The van der Waals surface area contributed by atoms with Crippen molar-refractivity contribution in [3.8, 4) is 11.4 Å². The molecule has 0 saturated heterocycles. The van der Waals surface area contributed by atoms with Gasteiger partial charge >= 0.3 is 0 Å². The van der Waals surface area contributed by atoms with E-state index in [-0.39, 0.29) is 5.91 Å². The van der Waals surface area contributed by atoms with Crippen LogP contribution in [0.25, 0.3) is 22.4 Å². The molecule has 2 N–H and O–H groups in total. The molecule has 0 spiro atoms. The molecule has 0 atom stereocenters. The van der Waals surface area contributed by atoms with Crippen LogP contribution in [0.4, 0.5) is 5.69 Å². The highest BCUT2D eigenvalue weighted by Gasteiger charge is 2.21. The molecule has 2 heterocycles. The number of benzene rings is 1. The molecule has 0 radical (unpaired) electrons. The molecule has 112 valence electrons. The van der Waals surface area contributed by atoms with Crippen molar-refractivity contribution in [3.05, 3.63) is 42.7 Å². The number of rotatable bonds is 2. The van der Waals surface area contributed by atoms with Crippen molar-refractivity contribution >= 4 is 22.6 Å². The van der Waals surface area contributed by atoms with Gasteiger partial charge in [-0.15, -0.1) is 0 Å². The van der Waals surface area contributed by atoms with E-state index in [1.165, 1.54) is 0 Å². The Bertz CT molecular complexity index is 816. The highest BCUT2D eigenvalue weighted by Crippen LogP contribution is 2.23. The minimum absolute atomic E-state index is 0.0132. The molecule has 22 heavy (non-hydrogen) atoms. The van der Waals surface area contributed by atoms with Gasteiger partial charge in [-0.05, 0) is 30.3 Å². The predicted octanol–water partition coefficient (Wildman–Crippen LogP) is 3.61. The summed E-state index contributed by atoms with van der Waals surface area (Å²) in [6.45, 7) is 5.66. The van der Waals surface area contributed by atoms with Crippen LogP contribution in [0, 0.1) is 5.41 Å². The number of fused-ring (bicyclic) bond motifs is 1. The van der Waals surface area contributed by atoms with E-state index < -0.39 is 5.41 Å². The second-order valence-electron chi connectivity index (χ2n) is 6.26. The molecule has 0 saturated carbocycles. The summed E-state index contributed by atoms with van der Waals surface area (Å²) in [6, 6.07) is 9.47. The molecule has 0 bridgehead atoms. The second-order valence-corrected chi connectivity index (χ2v) is 6.26. The number of anilines is 1. The first-order valence-electron chi connectivity index (χ1n) is 7.15. The van der Waals surface area contributed by atoms with Crippen LogP contribution < -0.4 is 5.32 Å². The van der Waals surface area contributed by atoms with E-state index in [9.17, 15) is 4.79 Å². The summed E-state index contributed by atoms with van der Waals surface area (Å²) in [5.74, 6) is 0.775. The number of H-pyrrole nitrogens is 1. The van der Waals surface area contributed by atoms with Gasteiger partial charge in [0, 0.05) is 29.1 Å². The minimum Gasteiger partial charge on any atom is -0.338 e. The maximum atomic E-state index is 12.1. The average Bonchev–Trinajstić information content (AvgIpc) is 2.90. The highest BCUT2D eigenvalue weighted by molar-refractivity contribution is 5.96. The van der Waals surface area contributed by atoms with Crippen molar-refractivity contribution < 1.29 is 4.79 Å². The zero-order valence-electron chi connectivity index (χ0n) is 12.8. The SMILES string of the molecule is CC(C)(C)C(=O)Nc1ccc2nc(-c3ccncc3)[nH]c2c1. The number of pyridine rings is 1. The topological polar surface area (TPSA) is 70.7 Å². The summed E-state index contributed by atoms with van der Waals surface area (Å²) in [6.07, 6.45) is 3.47. The third kappa shape index (κ3) is 2.83. The van der Waals surface area contributed by atoms with Gasteiger partial charge < -0.3 is 10.3 Å². The molecule has 0 aliphatic heterocycles. The van der Waals surface area contributed by atoms with Gasteiger partial charge in [0.25, 0.3) is 0 Å². The molecular weight excluding hydrogens is 276 g/mol. The minimum atomic E-state index is -0.425. The third-order valence-corrected chi connectivity index (χ3v) is 3.37. The van der Waals surface area contributed by atoms with E-state index in [0.29, 0.717) is 0 Å². The number of aromatic amines is 1. The summed E-state index contributed by atoms with van der Waals surface area (Å²) < 4.78 is 0. The van der Waals surface area contributed by atoms with Crippen LogP contribution in [-0.4, -0.2) is 20.9 Å². The molecule has 0 aliphatic rings. The number of amides is 1. The van der Waals surface area contributed by atoms with Crippen molar-refractivity contribution in [1.29, 1.82) is 0 Å². The number of imidazole rings is 1. The van der Waals surface area contributed by atoms with E-state index in [1.807, 2.05) is 51.1 Å².